The fraction of sp³-hybridized carbons (Fsp3) is 0.300. The molecule has 4 heteroatoms. The number of phenols is 1. The molecule has 3 nitrogen and oxygen atoms in total. The summed E-state index contributed by atoms with van der Waals surface area (Å²) in [6, 6.07) is 6.87. The normalized spacial score (nSPS) is 12.4. The van der Waals surface area contributed by atoms with Gasteiger partial charge < -0.3 is 10.8 Å². The molecular formula is C10H13NO2S. The largest absolute Gasteiger partial charge is 0.508 e. The Labute approximate surface area is 87.3 Å². The van der Waals surface area contributed by atoms with Gasteiger partial charge in [-0.3, -0.25) is 4.79 Å². The van der Waals surface area contributed by atoms with E-state index in [1.807, 2.05) is 12.1 Å². The quantitative estimate of drug-likeness (QED) is 0.744. The van der Waals surface area contributed by atoms with Crippen LogP contribution in [0.15, 0.2) is 29.2 Å². The molecule has 0 saturated carbocycles. The fourth-order valence-corrected chi connectivity index (χ4v) is 1.78. The van der Waals surface area contributed by atoms with Crippen LogP contribution in [0.5, 0.6) is 5.75 Å². The Hall–Kier alpha value is -1.16. The summed E-state index contributed by atoms with van der Waals surface area (Å²) in [4.78, 5) is 11.8. The summed E-state index contributed by atoms with van der Waals surface area (Å²) in [7, 11) is 0. The van der Waals surface area contributed by atoms with Crippen LogP contribution in [0.2, 0.25) is 0 Å². The predicted octanol–water partition coefficient (Wildman–Crippen LogP) is 1.61. The van der Waals surface area contributed by atoms with Gasteiger partial charge in [0.25, 0.3) is 0 Å². The molecule has 0 aromatic heterocycles. The minimum Gasteiger partial charge on any atom is -0.508 e. The number of rotatable bonds is 4. The zero-order valence-electron chi connectivity index (χ0n) is 7.93. The van der Waals surface area contributed by atoms with Crippen LogP contribution < -0.4 is 5.73 Å². The van der Waals surface area contributed by atoms with Crippen LogP contribution in [-0.4, -0.2) is 16.8 Å². The van der Waals surface area contributed by atoms with E-state index in [0.717, 1.165) is 4.90 Å². The lowest BCUT2D eigenvalue weighted by Gasteiger charge is -2.06. The Bertz CT molecular complexity index is 310. The third kappa shape index (κ3) is 3.30. The number of carbonyl (C=O) groups excluding carboxylic acids is 1. The molecule has 76 valence electrons. The van der Waals surface area contributed by atoms with E-state index < -0.39 is 0 Å². The molecule has 1 rings (SSSR count). The van der Waals surface area contributed by atoms with Gasteiger partial charge in [0.05, 0.1) is 0 Å². The zero-order valence-corrected chi connectivity index (χ0v) is 8.75. The van der Waals surface area contributed by atoms with Gasteiger partial charge >= 0.3 is 0 Å². The lowest BCUT2D eigenvalue weighted by atomic mass is 10.2. The van der Waals surface area contributed by atoms with Crippen LogP contribution in [0.4, 0.5) is 0 Å². The van der Waals surface area contributed by atoms with Crippen molar-refractivity contribution in [1.82, 2.24) is 0 Å². The van der Waals surface area contributed by atoms with Gasteiger partial charge in [0, 0.05) is 16.6 Å². The van der Waals surface area contributed by atoms with Crippen molar-refractivity contribution in [2.45, 2.75) is 11.8 Å². The molecule has 0 aliphatic heterocycles. The average molecular weight is 211 g/mol. The molecule has 0 aliphatic rings. The lowest BCUT2D eigenvalue weighted by molar-refractivity contribution is -0.120. The number of amides is 1. The number of thioether (sulfide) groups is 1. The molecule has 1 aromatic rings. The van der Waals surface area contributed by atoms with Crippen LogP contribution in [-0.2, 0) is 4.79 Å². The molecule has 1 aromatic carbocycles. The van der Waals surface area contributed by atoms with Crippen LogP contribution in [0.1, 0.15) is 6.92 Å². The number of primary amides is 1. The summed E-state index contributed by atoms with van der Waals surface area (Å²) >= 11 is 1.55. The molecule has 0 spiro atoms. The second-order valence-electron chi connectivity index (χ2n) is 3.11. The smallest absolute Gasteiger partial charge is 0.221 e. The van der Waals surface area contributed by atoms with Gasteiger partial charge in [-0.1, -0.05) is 6.92 Å². The second kappa shape index (κ2) is 4.91. The highest BCUT2D eigenvalue weighted by Crippen LogP contribution is 2.22. The maximum Gasteiger partial charge on any atom is 0.221 e. The van der Waals surface area contributed by atoms with Crippen LogP contribution >= 0.6 is 11.8 Å². The SMILES string of the molecule is CC(CSc1ccc(O)cc1)C(N)=O. The maximum atomic E-state index is 10.7. The van der Waals surface area contributed by atoms with E-state index >= 15 is 0 Å². The number of hydrogen-bond donors (Lipinski definition) is 2. The number of hydrogen-bond acceptors (Lipinski definition) is 3. The Kier molecular flexibility index (Phi) is 3.83. The summed E-state index contributed by atoms with van der Waals surface area (Å²) in [6.07, 6.45) is 0. The number of phenolic OH excluding ortho intramolecular Hbond substituents is 1. The van der Waals surface area contributed by atoms with Gasteiger partial charge in [-0.25, -0.2) is 0 Å². The Morgan fingerprint density at radius 1 is 1.50 bits per heavy atom. The number of nitrogens with two attached hydrogens (primary N) is 1. The van der Waals surface area contributed by atoms with Crippen molar-refractivity contribution in [1.29, 1.82) is 0 Å². The first-order valence-corrected chi connectivity index (χ1v) is 5.29. The van der Waals surface area contributed by atoms with Gasteiger partial charge in [-0.05, 0) is 24.3 Å². The average Bonchev–Trinajstić information content (AvgIpc) is 2.16. The Morgan fingerprint density at radius 3 is 2.57 bits per heavy atom. The molecular weight excluding hydrogens is 198 g/mol. The van der Waals surface area contributed by atoms with Gasteiger partial charge in [-0.2, -0.15) is 0 Å². The number of aromatic hydroxyl groups is 1. The molecule has 14 heavy (non-hydrogen) atoms. The van der Waals surface area contributed by atoms with E-state index in [4.69, 9.17) is 10.8 Å². The van der Waals surface area contributed by atoms with Crippen molar-refractivity contribution in [2.24, 2.45) is 11.7 Å². The highest BCUT2D eigenvalue weighted by molar-refractivity contribution is 7.99. The number of benzene rings is 1. The molecule has 0 heterocycles. The third-order valence-electron chi connectivity index (χ3n) is 1.82. The Balaban J connectivity index is 2.46. The van der Waals surface area contributed by atoms with Crippen LogP contribution in [0, 0.1) is 5.92 Å². The summed E-state index contributed by atoms with van der Waals surface area (Å²) in [5.74, 6) is 0.502. The van der Waals surface area contributed by atoms with E-state index in [1.165, 1.54) is 0 Å². The molecule has 1 amide bonds. The van der Waals surface area contributed by atoms with Crippen LogP contribution in [0.3, 0.4) is 0 Å². The third-order valence-corrected chi connectivity index (χ3v) is 3.09. The molecule has 0 radical (unpaired) electrons. The van der Waals surface area contributed by atoms with Crippen LogP contribution in [0.25, 0.3) is 0 Å². The van der Waals surface area contributed by atoms with Crippen molar-refractivity contribution in [2.75, 3.05) is 5.75 Å². The summed E-state index contributed by atoms with van der Waals surface area (Å²) < 4.78 is 0. The van der Waals surface area contributed by atoms with E-state index in [0.29, 0.717) is 5.75 Å². The van der Waals surface area contributed by atoms with E-state index in [9.17, 15) is 4.79 Å². The molecule has 0 fully saturated rings. The molecule has 1 unspecified atom stereocenters. The topological polar surface area (TPSA) is 63.3 Å². The standard InChI is InChI=1S/C10H13NO2S/c1-7(10(11)13)6-14-9-4-2-8(12)3-5-9/h2-5,7,12H,6H2,1H3,(H2,11,13). The highest BCUT2D eigenvalue weighted by Gasteiger charge is 2.08. The zero-order chi connectivity index (χ0) is 10.6. The highest BCUT2D eigenvalue weighted by atomic mass is 32.2. The van der Waals surface area contributed by atoms with Gasteiger partial charge in [0.1, 0.15) is 5.75 Å². The first-order chi connectivity index (χ1) is 6.59. The van der Waals surface area contributed by atoms with Gasteiger partial charge in [0.2, 0.25) is 5.91 Å². The van der Waals surface area contributed by atoms with Crippen molar-refractivity contribution < 1.29 is 9.90 Å². The molecule has 1 atom stereocenters. The van der Waals surface area contributed by atoms with Crippen molar-refractivity contribution >= 4 is 17.7 Å². The summed E-state index contributed by atoms with van der Waals surface area (Å²) in [5.41, 5.74) is 5.13. The van der Waals surface area contributed by atoms with E-state index in [-0.39, 0.29) is 17.6 Å². The van der Waals surface area contributed by atoms with Crippen molar-refractivity contribution in [3.8, 4) is 5.75 Å². The minimum atomic E-state index is -0.281. The summed E-state index contributed by atoms with van der Waals surface area (Å²) in [6.45, 7) is 1.80. The molecule has 0 bridgehead atoms. The van der Waals surface area contributed by atoms with Crippen molar-refractivity contribution in [3.05, 3.63) is 24.3 Å². The first kappa shape index (κ1) is 10.9. The second-order valence-corrected chi connectivity index (χ2v) is 4.20. The number of carbonyl (C=O) groups is 1. The first-order valence-electron chi connectivity index (χ1n) is 4.30. The fourth-order valence-electron chi connectivity index (χ4n) is 0.846. The molecule has 0 aliphatic carbocycles. The molecule has 0 saturated heterocycles. The van der Waals surface area contributed by atoms with Gasteiger partial charge in [-0.15, -0.1) is 11.8 Å². The minimum absolute atomic E-state index is 0.131. The summed E-state index contributed by atoms with van der Waals surface area (Å²) in [5, 5.41) is 9.04. The monoisotopic (exact) mass is 211 g/mol. The van der Waals surface area contributed by atoms with Gasteiger partial charge in [0.15, 0.2) is 0 Å². The lowest BCUT2D eigenvalue weighted by Crippen LogP contribution is -2.22. The van der Waals surface area contributed by atoms with Crippen molar-refractivity contribution in [3.63, 3.8) is 0 Å². The molecule has 3 N–H and O–H groups in total. The maximum absolute atomic E-state index is 10.7. The Morgan fingerprint density at radius 2 is 2.07 bits per heavy atom. The van der Waals surface area contributed by atoms with E-state index in [2.05, 4.69) is 0 Å². The van der Waals surface area contributed by atoms with E-state index in [1.54, 1.807) is 30.8 Å². The predicted molar refractivity (Wildman–Crippen MR) is 57.2 cm³/mol.